The Labute approximate surface area is 869 Å². The van der Waals surface area contributed by atoms with Gasteiger partial charge in [-0.3, -0.25) is 85.4 Å². The van der Waals surface area contributed by atoms with Crippen LogP contribution >= 0.6 is 47.1 Å². The molecular formula is C72H86N26O37P7S7-7. The maximum atomic E-state index is 15.1. The van der Waals surface area contributed by atoms with Crippen LogP contribution < -0.4 is 97.2 Å². The number of hydrogen-bond donors (Lipinski definition) is 10. The van der Waals surface area contributed by atoms with Gasteiger partial charge in [0.1, 0.15) is 150 Å². The Balaban J connectivity index is 0.569. The fraction of sp³-hybridized carbons (Fsp3) is 0.556. The van der Waals surface area contributed by atoms with Crippen molar-refractivity contribution < 1.29 is 136 Å². The third kappa shape index (κ3) is 24.9. The van der Waals surface area contributed by atoms with Crippen molar-refractivity contribution in [1.82, 2.24) is 107 Å². The highest BCUT2D eigenvalue weighted by Crippen LogP contribution is 2.57. The summed E-state index contributed by atoms with van der Waals surface area (Å²) in [6.07, 6.45) is -23.3. The highest BCUT2D eigenvalue weighted by atomic mass is 32.7. The smallest absolute Gasteiger partial charge is 0.330 e. The van der Waals surface area contributed by atoms with Gasteiger partial charge < -0.3 is 166 Å². The quantitative estimate of drug-likeness (QED) is 0.0128. The SMILES string of the molecule is CC[C@H]1O[C@@H](n2cnc3c(N)ncnc32)CC1OP([O-])(=S)OC[C@H]1O[C@@H](n2cc(C)c(=O)[nH]c2=O)CC1OP(=O)([S-])OC[C@H]1O[C@@H](n2cc(C)c(=O)[nH]c2=O)[C@@H](O)C1OP([O-])(=S)OC[C@H]1O[C@@H](n2cnc3c(=O)[nH]c(N)nc32)CC1OP([O-])(=S)OC[C@H]1O[C@@H](n2cnc3c(=O)[nH]c(N)nc32)CC1OP([O-])(=S)OC[C@H]1O[C@@H](n2cc(C)c(=O)[nH]c2=O)CC1OP([O-])(=S)OC[C@H]1O[C@@H](n2cnc3c(N)ncnc32)CC1OP([O-])(=S)OC. The first-order valence-electron chi connectivity index (χ1n) is 44.3. The summed E-state index contributed by atoms with van der Waals surface area (Å²) in [7, 11) is 1.05. The molecule has 14 unspecified atom stereocenters. The molecule has 29 atom stereocenters. The summed E-state index contributed by atoms with van der Waals surface area (Å²) in [4.78, 5) is 245. The van der Waals surface area contributed by atoms with Crippen molar-refractivity contribution in [2.24, 2.45) is 0 Å². The van der Waals surface area contributed by atoms with Gasteiger partial charge in [0.2, 0.25) is 11.9 Å². The standard InChI is InChI=1S/C72H93N26O37P7S7/c1-6-31-32(7-46(122-31)95-24-81-50-56(73)77-22-79-58(50)95)130-137(109,144)116-17-39-35(9-45(123-39)93-14-29(3)63(101)90-71(93)106)132-141(113,148)121-21-43-55(54(99)67(128-43)94-15-30(4)64(102)91-72(94)107)135-142(114,149)120-20-42-37(12-49(127-42)98-27-84-53-61(98)86-69(76)88-66(53)104)134-140(112,147)119-19-41-36(11-48(126-41)97-26-83-52-60(97)85-68(75)87-65(52)103)133-139(111,146)118-18-40-34(8-44(124-40)92-13-28(2)62(100)89-70(92)105)131-138(110,145)117-16-38-33(129-136(108,143)115-5)10-47(125-38)96-25-82-51-57(74)78-23-80-59(51)96/h13-15,22-27,31-49,54-55,67,99H,6-12,16-21H2,1-5H3,(H,108,143)(H,109,144)(H,110,145)(H,111,146)(H,112,147)(H,113,148)(H,114,149)(H2,73,77,79)(H2,74,78,80)(H,89,100,105)(H,90,101,106)(H,91,102,107)(H3,75,85,87,103)(H3,76,86,88,104)/p-7/t31-,32?,33?,34?,35?,36?,37?,38-,39-,40-,41-,42-,43-,44-,45-,46-,47-,48-,49-,54+,55?,67-,136?,137?,138?,139?,140?,141?,142?/m1/s1. The number of aliphatic hydroxyl groups excluding tert-OH is 1. The monoisotopic (exact) mass is 2350 g/mol. The number of aromatic nitrogens is 22. The molecule has 0 amide bonds. The number of rotatable bonds is 41. The number of fused-ring (bicyclic) bond motifs is 4. The van der Waals surface area contributed by atoms with Crippen molar-refractivity contribution in [2.75, 3.05) is 69.7 Å². The number of ether oxygens (including phenoxy) is 7. The fourth-order valence-corrected chi connectivity index (χ4v) is 27.1. The molecule has 810 valence electrons. The summed E-state index contributed by atoms with van der Waals surface area (Å²) < 4.78 is 148. The van der Waals surface area contributed by atoms with Crippen LogP contribution in [0.1, 0.15) is 112 Å². The molecule has 0 radical (unpaired) electrons. The molecule has 63 nitrogen and oxygen atoms in total. The number of anilines is 4. The van der Waals surface area contributed by atoms with Gasteiger partial charge in [-0.05, 0) is 27.2 Å². The minimum absolute atomic E-state index is 0.0286. The Hall–Kier alpha value is -7.60. The number of nitrogens with two attached hydrogens (primary N) is 4. The van der Waals surface area contributed by atoms with E-state index in [1.54, 1.807) is 11.5 Å². The Morgan fingerprint density at radius 3 is 1.03 bits per heavy atom. The molecule has 7 aliphatic heterocycles. The zero-order valence-electron chi connectivity index (χ0n) is 77.1. The van der Waals surface area contributed by atoms with Gasteiger partial charge in [0.25, 0.3) is 27.8 Å². The van der Waals surface area contributed by atoms with Gasteiger partial charge in [-0.1, -0.05) is 77.8 Å². The highest BCUT2D eigenvalue weighted by Gasteiger charge is 2.52. The van der Waals surface area contributed by atoms with Crippen LogP contribution in [-0.4, -0.2) is 250 Å². The second-order valence-electron chi connectivity index (χ2n) is 34.3. The van der Waals surface area contributed by atoms with Crippen molar-refractivity contribution in [3.8, 4) is 0 Å². The van der Waals surface area contributed by atoms with Crippen molar-refractivity contribution in [1.29, 1.82) is 0 Å². The third-order valence-electron chi connectivity index (χ3n) is 24.5. The summed E-state index contributed by atoms with van der Waals surface area (Å²) in [6, 6.07) is 0. The molecule has 149 heavy (non-hydrogen) atoms. The van der Waals surface area contributed by atoms with Crippen LogP contribution in [0, 0.1) is 20.8 Å². The van der Waals surface area contributed by atoms with E-state index in [1.165, 1.54) is 59.8 Å². The second kappa shape index (κ2) is 44.2. The average Bonchev–Trinajstić information content (AvgIpc) is 1.63. The van der Waals surface area contributed by atoms with E-state index in [2.05, 4.69) is 74.8 Å². The van der Waals surface area contributed by atoms with E-state index in [0.29, 0.717) is 16.6 Å². The maximum absolute atomic E-state index is 15.1. The van der Waals surface area contributed by atoms with Gasteiger partial charge in [-0.25, -0.2) is 54.3 Å². The molecule has 11 aromatic heterocycles. The molecule has 0 saturated carbocycles. The number of hydrogen-bond acceptors (Lipinski definition) is 58. The van der Waals surface area contributed by atoms with E-state index in [-0.39, 0.29) is 86.1 Å². The number of aromatic amines is 5. The van der Waals surface area contributed by atoms with Crippen LogP contribution in [0.5, 0.6) is 0 Å². The predicted octanol–water partition coefficient (Wildman–Crippen LogP) is -4.16. The molecule has 7 aliphatic rings. The number of nitrogens with one attached hydrogen (secondary N) is 5. The fourth-order valence-electron chi connectivity index (χ4n) is 17.4. The van der Waals surface area contributed by atoms with E-state index >= 15 is 9.79 Å². The third-order valence-corrected chi connectivity index (χ3v) is 35.6. The molecule has 0 aromatic carbocycles. The van der Waals surface area contributed by atoms with Crippen LogP contribution in [-0.2, 0) is 184 Å². The lowest BCUT2D eigenvalue weighted by atomic mass is 10.1. The number of H-pyrrole nitrogens is 5. The molecule has 0 aliphatic carbocycles. The molecule has 77 heteroatoms. The van der Waals surface area contributed by atoms with E-state index in [9.17, 15) is 67.6 Å². The minimum Gasteiger partial charge on any atom is -0.780 e. The van der Waals surface area contributed by atoms with Gasteiger partial charge in [-0.15, -0.1) is 0 Å². The summed E-state index contributed by atoms with van der Waals surface area (Å²) in [5.41, 5.74) is 17.1. The second-order valence-corrected chi connectivity index (χ2v) is 53.4. The molecular weight excluding hydrogens is 2260 g/mol. The maximum Gasteiger partial charge on any atom is 0.330 e. The largest absolute Gasteiger partial charge is 0.780 e. The molecule has 18 heterocycles. The number of imidazole rings is 4. The summed E-state index contributed by atoms with van der Waals surface area (Å²) in [5, 5.41) is 12.3. The van der Waals surface area contributed by atoms with Crippen LogP contribution in [0.15, 0.2) is 94.9 Å². The van der Waals surface area contributed by atoms with Gasteiger partial charge in [0.15, 0.2) is 58.3 Å². The van der Waals surface area contributed by atoms with Gasteiger partial charge >= 0.3 is 17.1 Å². The predicted molar refractivity (Wildman–Crippen MR) is 522 cm³/mol. The molecule has 11 aromatic rings. The summed E-state index contributed by atoms with van der Waals surface area (Å²) >= 11 is 38.0. The van der Waals surface area contributed by atoms with Gasteiger partial charge in [0, 0.05) is 80.9 Å². The van der Waals surface area contributed by atoms with Crippen LogP contribution in [0.4, 0.5) is 23.5 Å². The van der Waals surface area contributed by atoms with Crippen LogP contribution in [0.25, 0.3) is 44.7 Å². The van der Waals surface area contributed by atoms with Gasteiger partial charge in [0.05, 0.1) is 108 Å². The van der Waals surface area contributed by atoms with Crippen molar-refractivity contribution in [2.45, 2.75) is 208 Å². The zero-order chi connectivity index (χ0) is 107. The Morgan fingerprint density at radius 2 is 0.678 bits per heavy atom. The number of aliphatic hydroxyl groups is 1. The molecule has 18 rings (SSSR count). The Morgan fingerprint density at radius 1 is 0.383 bits per heavy atom. The number of nitrogen functional groups attached to an aromatic ring is 4. The first kappa shape index (κ1) is 111. The lowest BCUT2D eigenvalue weighted by Crippen LogP contribution is -2.40. The van der Waals surface area contributed by atoms with Crippen molar-refractivity contribution in [3.63, 3.8) is 0 Å². The molecule has 7 saturated heterocycles. The molecule has 14 N–H and O–H groups in total. The average molecular weight is 2350 g/mol. The highest BCUT2D eigenvalue weighted by molar-refractivity contribution is 8.32. The first-order chi connectivity index (χ1) is 70.3. The first-order valence-corrected chi connectivity index (χ1v) is 62.1. The Bertz CT molecular complexity index is 7860. The van der Waals surface area contributed by atoms with Crippen molar-refractivity contribution in [3.05, 3.63) is 156 Å². The normalized spacial score (nSPS) is 29.7. The van der Waals surface area contributed by atoms with E-state index in [1.807, 2.05) is 0 Å². The summed E-state index contributed by atoms with van der Waals surface area (Å²) in [5.74, 6) is -0.630. The minimum atomic E-state index is -5.28. The summed E-state index contributed by atoms with van der Waals surface area (Å²) in [6.45, 7) is -33.9. The van der Waals surface area contributed by atoms with Crippen LogP contribution in [0.3, 0.4) is 0 Å². The Kier molecular flexibility index (Phi) is 33.0. The number of nitrogens with zero attached hydrogens (tertiary/aromatic N) is 17. The van der Waals surface area contributed by atoms with Crippen molar-refractivity contribution >= 4 is 198 Å². The van der Waals surface area contributed by atoms with Crippen LogP contribution in [0.2, 0.25) is 0 Å². The molecule has 0 spiro atoms. The van der Waals surface area contributed by atoms with E-state index in [4.69, 9.17) is 203 Å². The van der Waals surface area contributed by atoms with E-state index in [0.717, 1.165) is 47.5 Å². The lowest BCUT2D eigenvalue weighted by molar-refractivity contribution is -0.221. The molecule has 7 fully saturated rings. The van der Waals surface area contributed by atoms with E-state index < -0.39 is 298 Å². The topological polar surface area (TPSA) is 852 Å². The number of aryl methyl sites for hydroxylation is 3. The zero-order valence-corrected chi connectivity index (χ0v) is 89.1. The lowest BCUT2D eigenvalue weighted by Gasteiger charge is -2.37. The molecule has 0 bridgehead atoms. The van der Waals surface area contributed by atoms with Gasteiger partial charge in [-0.2, -0.15) is 9.97 Å².